The van der Waals surface area contributed by atoms with Gasteiger partial charge in [-0.3, -0.25) is 15.5 Å². The van der Waals surface area contributed by atoms with Gasteiger partial charge in [-0.1, -0.05) is 6.92 Å². The van der Waals surface area contributed by atoms with Crippen molar-refractivity contribution in [2.24, 2.45) is 5.84 Å². The fourth-order valence-corrected chi connectivity index (χ4v) is 2.52. The highest BCUT2D eigenvalue weighted by molar-refractivity contribution is 9.10. The van der Waals surface area contributed by atoms with Crippen LogP contribution in [0, 0.1) is 0 Å². The number of ether oxygens (including phenoxy) is 1. The first-order valence-corrected chi connectivity index (χ1v) is 7.16. The number of methoxy groups -OCH3 is 1. The highest BCUT2D eigenvalue weighted by Gasteiger charge is 2.23. The van der Waals surface area contributed by atoms with Crippen molar-refractivity contribution in [2.75, 3.05) is 7.11 Å². The fourth-order valence-electron chi connectivity index (χ4n) is 2.14. The lowest BCUT2D eigenvalue weighted by atomic mass is 10.1. The minimum atomic E-state index is -0.232. The molecule has 0 aliphatic carbocycles. The quantitative estimate of drug-likeness (QED) is 0.621. The Hall–Kier alpha value is -1.44. The van der Waals surface area contributed by atoms with Gasteiger partial charge in [0.25, 0.3) is 0 Å². The van der Waals surface area contributed by atoms with Crippen molar-refractivity contribution in [3.63, 3.8) is 0 Å². The molecule has 0 aliphatic rings. The third-order valence-corrected chi connectivity index (χ3v) is 3.43. The van der Waals surface area contributed by atoms with Crippen molar-refractivity contribution in [1.82, 2.24) is 20.2 Å². The molecule has 2 aromatic heterocycles. The number of halogens is 1. The van der Waals surface area contributed by atoms with E-state index in [0.29, 0.717) is 5.75 Å². The third-order valence-electron chi connectivity index (χ3n) is 3.00. The molecule has 108 valence electrons. The number of nitrogens with zero attached hydrogens (tertiary/aromatic N) is 3. The van der Waals surface area contributed by atoms with Crippen molar-refractivity contribution in [2.45, 2.75) is 25.9 Å². The molecule has 0 amide bonds. The van der Waals surface area contributed by atoms with E-state index in [9.17, 15) is 0 Å². The van der Waals surface area contributed by atoms with E-state index in [1.54, 1.807) is 25.7 Å². The lowest BCUT2D eigenvalue weighted by molar-refractivity contribution is 0.398. The van der Waals surface area contributed by atoms with Crippen LogP contribution in [0.1, 0.15) is 30.6 Å². The summed E-state index contributed by atoms with van der Waals surface area (Å²) in [4.78, 5) is 4.18. The van der Waals surface area contributed by atoms with Crippen LogP contribution >= 0.6 is 15.9 Å². The number of aromatic nitrogens is 3. The summed E-state index contributed by atoms with van der Waals surface area (Å²) in [7, 11) is 1.63. The Labute approximate surface area is 126 Å². The summed E-state index contributed by atoms with van der Waals surface area (Å²) >= 11 is 3.42. The second-order valence-electron chi connectivity index (χ2n) is 4.36. The molecule has 3 N–H and O–H groups in total. The van der Waals surface area contributed by atoms with Gasteiger partial charge in [0.05, 0.1) is 19.3 Å². The number of nitrogens with one attached hydrogen (secondary N) is 1. The molecule has 0 bridgehead atoms. The second kappa shape index (κ2) is 6.83. The maximum atomic E-state index is 5.74. The fraction of sp³-hybridized carbons (Fsp3) is 0.385. The maximum absolute atomic E-state index is 5.74. The first kappa shape index (κ1) is 15.0. The highest BCUT2D eigenvalue weighted by atomic mass is 79.9. The molecule has 1 atom stereocenters. The summed E-state index contributed by atoms with van der Waals surface area (Å²) in [6.45, 7) is 2.90. The van der Waals surface area contributed by atoms with Crippen LogP contribution in [0.5, 0.6) is 5.75 Å². The van der Waals surface area contributed by atoms with Crippen LogP contribution in [0.2, 0.25) is 0 Å². The van der Waals surface area contributed by atoms with E-state index >= 15 is 0 Å². The molecule has 2 heterocycles. The number of pyridine rings is 1. The zero-order valence-corrected chi connectivity index (χ0v) is 13.1. The van der Waals surface area contributed by atoms with Crippen LogP contribution < -0.4 is 16.0 Å². The van der Waals surface area contributed by atoms with Gasteiger partial charge in [0, 0.05) is 23.4 Å². The summed E-state index contributed by atoms with van der Waals surface area (Å²) in [5, 5.41) is 4.36. The summed E-state index contributed by atoms with van der Waals surface area (Å²) in [6, 6.07) is 1.74. The molecule has 7 heteroatoms. The third kappa shape index (κ3) is 3.00. The summed E-state index contributed by atoms with van der Waals surface area (Å²) in [6.07, 6.45) is 6.20. The standard InChI is InChI=1S/C13H18BrN5O/c1-3-4-19-13(11(20-2)8-17-19)12(18-15)9-5-10(14)7-16-6-9/h5-8,12,18H,3-4,15H2,1-2H3. The maximum Gasteiger partial charge on any atom is 0.161 e. The summed E-state index contributed by atoms with van der Waals surface area (Å²) in [5.41, 5.74) is 4.66. The van der Waals surface area contributed by atoms with Gasteiger partial charge in [-0.15, -0.1) is 0 Å². The van der Waals surface area contributed by atoms with Gasteiger partial charge < -0.3 is 4.74 Å². The van der Waals surface area contributed by atoms with E-state index in [4.69, 9.17) is 10.6 Å². The van der Waals surface area contributed by atoms with Crippen molar-refractivity contribution >= 4 is 15.9 Å². The van der Waals surface area contributed by atoms with Gasteiger partial charge in [-0.05, 0) is 34.0 Å². The van der Waals surface area contributed by atoms with Gasteiger partial charge in [-0.25, -0.2) is 5.43 Å². The molecule has 0 saturated heterocycles. The minimum Gasteiger partial charge on any atom is -0.493 e. The van der Waals surface area contributed by atoms with E-state index in [1.807, 2.05) is 10.7 Å². The summed E-state index contributed by atoms with van der Waals surface area (Å²) < 4.78 is 8.20. The first-order valence-electron chi connectivity index (χ1n) is 6.37. The number of hydrazine groups is 1. The molecule has 1 unspecified atom stereocenters. The van der Waals surface area contributed by atoms with E-state index < -0.39 is 0 Å². The van der Waals surface area contributed by atoms with Crippen LogP contribution in [0.15, 0.2) is 29.1 Å². The molecule has 0 fully saturated rings. The monoisotopic (exact) mass is 339 g/mol. The molecule has 0 spiro atoms. The molecule has 2 aromatic rings. The van der Waals surface area contributed by atoms with E-state index in [-0.39, 0.29) is 6.04 Å². The van der Waals surface area contributed by atoms with Gasteiger partial charge in [0.1, 0.15) is 5.69 Å². The SMILES string of the molecule is CCCn1ncc(OC)c1C(NN)c1cncc(Br)c1. The Morgan fingerprint density at radius 2 is 2.25 bits per heavy atom. The van der Waals surface area contributed by atoms with Gasteiger partial charge in [-0.2, -0.15) is 5.10 Å². The molecule has 20 heavy (non-hydrogen) atoms. The van der Waals surface area contributed by atoms with Gasteiger partial charge >= 0.3 is 0 Å². The van der Waals surface area contributed by atoms with Crippen molar-refractivity contribution in [3.05, 3.63) is 40.4 Å². The predicted molar refractivity (Wildman–Crippen MR) is 80.2 cm³/mol. The Kier molecular flexibility index (Phi) is 5.11. The van der Waals surface area contributed by atoms with Gasteiger partial charge in [0.2, 0.25) is 0 Å². The van der Waals surface area contributed by atoms with Crippen molar-refractivity contribution in [3.8, 4) is 5.75 Å². The molecular formula is C13H18BrN5O. The molecule has 6 nitrogen and oxygen atoms in total. The topological polar surface area (TPSA) is 78.0 Å². The van der Waals surface area contributed by atoms with E-state index in [2.05, 4.69) is 38.4 Å². The smallest absolute Gasteiger partial charge is 0.161 e. The molecule has 0 aliphatic heterocycles. The zero-order valence-electron chi connectivity index (χ0n) is 11.5. The van der Waals surface area contributed by atoms with Crippen LogP contribution in [-0.2, 0) is 6.54 Å². The normalized spacial score (nSPS) is 12.4. The van der Waals surface area contributed by atoms with E-state index in [0.717, 1.165) is 28.7 Å². The number of nitrogens with two attached hydrogens (primary N) is 1. The lowest BCUT2D eigenvalue weighted by Crippen LogP contribution is -2.31. The number of hydrogen-bond donors (Lipinski definition) is 2. The van der Waals surface area contributed by atoms with Crippen LogP contribution in [0.4, 0.5) is 0 Å². The predicted octanol–water partition coefficient (Wildman–Crippen LogP) is 2.01. The lowest BCUT2D eigenvalue weighted by Gasteiger charge is -2.19. The molecule has 0 saturated carbocycles. The Morgan fingerprint density at radius 3 is 2.85 bits per heavy atom. The number of rotatable bonds is 6. The van der Waals surface area contributed by atoms with Crippen molar-refractivity contribution in [1.29, 1.82) is 0 Å². The average molecular weight is 340 g/mol. The van der Waals surface area contributed by atoms with Crippen molar-refractivity contribution < 1.29 is 4.74 Å². The Bertz CT molecular complexity index is 572. The van der Waals surface area contributed by atoms with E-state index in [1.165, 1.54) is 0 Å². The van der Waals surface area contributed by atoms with Crippen LogP contribution in [0.3, 0.4) is 0 Å². The summed E-state index contributed by atoms with van der Waals surface area (Å²) in [5.74, 6) is 6.45. The first-order chi connectivity index (χ1) is 9.71. The molecule has 2 rings (SSSR count). The Morgan fingerprint density at radius 1 is 1.45 bits per heavy atom. The van der Waals surface area contributed by atoms with Crippen LogP contribution in [0.25, 0.3) is 0 Å². The molecule has 0 aromatic carbocycles. The average Bonchev–Trinajstić information content (AvgIpc) is 2.84. The zero-order chi connectivity index (χ0) is 14.5. The van der Waals surface area contributed by atoms with Crippen LogP contribution in [-0.4, -0.2) is 21.9 Å². The Balaban J connectivity index is 2.48. The highest BCUT2D eigenvalue weighted by Crippen LogP contribution is 2.30. The minimum absolute atomic E-state index is 0.232. The number of hydrogen-bond acceptors (Lipinski definition) is 5. The number of aryl methyl sites for hydroxylation is 1. The molecular weight excluding hydrogens is 322 g/mol. The van der Waals surface area contributed by atoms with Gasteiger partial charge in [0.15, 0.2) is 5.75 Å². The largest absolute Gasteiger partial charge is 0.493 e. The molecule has 0 radical (unpaired) electrons. The second-order valence-corrected chi connectivity index (χ2v) is 5.27.